The Morgan fingerprint density at radius 1 is 1.17 bits per heavy atom. The summed E-state index contributed by atoms with van der Waals surface area (Å²) < 4.78 is 18.0. The number of anilines is 1. The van der Waals surface area contributed by atoms with E-state index in [1.165, 1.54) is 0 Å². The van der Waals surface area contributed by atoms with Crippen molar-refractivity contribution < 1.29 is 23.8 Å². The molecule has 0 unspecified atom stereocenters. The number of carbonyl (C=O) groups excluding carboxylic acids is 2. The van der Waals surface area contributed by atoms with Gasteiger partial charge in [0.05, 0.1) is 37.9 Å². The topological polar surface area (TPSA) is 91.7 Å². The number of fused-ring (bicyclic) bond motifs is 3. The second-order valence-corrected chi connectivity index (χ2v) is 6.57. The Morgan fingerprint density at radius 2 is 1.97 bits per heavy atom. The summed E-state index contributed by atoms with van der Waals surface area (Å²) in [4.78, 5) is 30.3. The van der Waals surface area contributed by atoms with E-state index in [9.17, 15) is 9.59 Å². The summed E-state index contributed by atoms with van der Waals surface area (Å²) in [5.41, 5.74) is 2.12. The maximum absolute atomic E-state index is 13.0. The Kier molecular flexibility index (Phi) is 4.84. The molecule has 1 amide bonds. The first kappa shape index (κ1) is 18.8. The third-order valence-corrected chi connectivity index (χ3v) is 5.00. The molecule has 150 valence electrons. The van der Waals surface area contributed by atoms with Crippen molar-refractivity contribution in [2.24, 2.45) is 5.92 Å². The molecule has 0 radical (unpaired) electrons. The van der Waals surface area contributed by atoms with E-state index in [-0.39, 0.29) is 6.61 Å². The van der Waals surface area contributed by atoms with Gasteiger partial charge in [0.15, 0.2) is 5.92 Å². The van der Waals surface area contributed by atoms with Crippen LogP contribution in [0.5, 0.6) is 11.5 Å². The van der Waals surface area contributed by atoms with E-state index in [0.29, 0.717) is 28.5 Å². The van der Waals surface area contributed by atoms with Crippen molar-refractivity contribution >= 4 is 28.9 Å². The molecular weight excluding hydrogens is 374 g/mol. The average Bonchev–Trinajstić information content (AvgIpc) is 3.10. The van der Waals surface area contributed by atoms with Crippen molar-refractivity contribution in [2.75, 3.05) is 26.1 Å². The zero-order chi connectivity index (χ0) is 20.5. The smallest absolute Gasteiger partial charge is 0.321 e. The van der Waals surface area contributed by atoms with Crippen molar-refractivity contribution in [3.8, 4) is 11.5 Å². The third-order valence-electron chi connectivity index (χ3n) is 5.00. The molecule has 8 nitrogen and oxygen atoms in total. The molecule has 3 aromatic rings. The molecular formula is C21H21N3O5. The second-order valence-electron chi connectivity index (χ2n) is 6.57. The highest BCUT2D eigenvalue weighted by Crippen LogP contribution is 2.42. The van der Waals surface area contributed by atoms with E-state index < -0.39 is 23.8 Å². The van der Waals surface area contributed by atoms with Crippen LogP contribution >= 0.6 is 0 Å². The number of amides is 1. The Labute approximate surface area is 167 Å². The number of para-hydroxylation sites is 2. The van der Waals surface area contributed by atoms with Gasteiger partial charge in [-0.2, -0.15) is 0 Å². The highest BCUT2D eigenvalue weighted by molar-refractivity contribution is 6.07. The van der Waals surface area contributed by atoms with Crippen LogP contribution in [0.15, 0.2) is 42.5 Å². The summed E-state index contributed by atoms with van der Waals surface area (Å²) in [6.45, 7) is 1.87. The summed E-state index contributed by atoms with van der Waals surface area (Å²) >= 11 is 0. The van der Waals surface area contributed by atoms with Crippen molar-refractivity contribution in [1.82, 2.24) is 9.55 Å². The summed E-state index contributed by atoms with van der Waals surface area (Å²) in [5.74, 6) is -0.707. The molecule has 0 saturated heterocycles. The molecule has 0 saturated carbocycles. The lowest BCUT2D eigenvalue weighted by molar-refractivity contribution is -0.152. The standard InChI is InChI=1S/C21H21N3O5/c1-4-29-20(26)17-18(13-11-12(27-2)9-10-16(13)28-3)24-15-8-6-5-7-14(15)22-21(24)23-19(17)25/h5-11,17-18H,4H2,1-3H3,(H,22,23,25)/t17-,18-/m0/s1. The molecule has 2 heterocycles. The number of hydrogen-bond donors (Lipinski definition) is 1. The van der Waals surface area contributed by atoms with Crippen molar-refractivity contribution in [3.05, 3.63) is 48.0 Å². The van der Waals surface area contributed by atoms with Gasteiger partial charge in [-0.3, -0.25) is 14.9 Å². The van der Waals surface area contributed by atoms with E-state index in [1.807, 2.05) is 28.8 Å². The van der Waals surface area contributed by atoms with Gasteiger partial charge < -0.3 is 18.8 Å². The molecule has 1 aliphatic heterocycles. The normalized spacial score (nSPS) is 18.1. The van der Waals surface area contributed by atoms with Crippen LogP contribution in [0, 0.1) is 5.92 Å². The molecule has 29 heavy (non-hydrogen) atoms. The number of rotatable bonds is 5. The third kappa shape index (κ3) is 3.06. The minimum absolute atomic E-state index is 0.169. The van der Waals surface area contributed by atoms with E-state index in [2.05, 4.69) is 10.3 Å². The molecule has 0 spiro atoms. The zero-order valence-corrected chi connectivity index (χ0v) is 16.3. The first-order valence-electron chi connectivity index (χ1n) is 9.25. The molecule has 0 fully saturated rings. The molecule has 2 aromatic carbocycles. The van der Waals surface area contributed by atoms with Gasteiger partial charge in [-0.1, -0.05) is 12.1 Å². The second kappa shape index (κ2) is 7.46. The average molecular weight is 395 g/mol. The molecule has 0 aliphatic carbocycles. The zero-order valence-electron chi connectivity index (χ0n) is 16.3. The fourth-order valence-corrected chi connectivity index (χ4v) is 3.75. The Hall–Kier alpha value is -3.55. The minimum Gasteiger partial charge on any atom is -0.497 e. The Morgan fingerprint density at radius 3 is 2.69 bits per heavy atom. The first-order valence-corrected chi connectivity index (χ1v) is 9.25. The van der Waals surface area contributed by atoms with Crippen molar-refractivity contribution in [3.63, 3.8) is 0 Å². The number of imidazole rings is 1. The van der Waals surface area contributed by atoms with Gasteiger partial charge in [-0.15, -0.1) is 0 Å². The lowest BCUT2D eigenvalue weighted by atomic mass is 9.89. The summed E-state index contributed by atoms with van der Waals surface area (Å²) in [6, 6.07) is 12.1. The van der Waals surface area contributed by atoms with Gasteiger partial charge in [0.1, 0.15) is 11.5 Å². The van der Waals surface area contributed by atoms with E-state index in [1.54, 1.807) is 39.3 Å². The molecule has 1 aromatic heterocycles. The number of methoxy groups -OCH3 is 2. The maximum atomic E-state index is 13.0. The molecule has 8 heteroatoms. The number of aromatic nitrogens is 2. The highest BCUT2D eigenvalue weighted by atomic mass is 16.5. The van der Waals surface area contributed by atoms with Crippen LogP contribution in [-0.2, 0) is 14.3 Å². The number of ether oxygens (including phenoxy) is 3. The van der Waals surface area contributed by atoms with Crippen LogP contribution in [0.3, 0.4) is 0 Å². The van der Waals surface area contributed by atoms with Crippen LogP contribution < -0.4 is 14.8 Å². The highest BCUT2D eigenvalue weighted by Gasteiger charge is 2.45. The summed E-state index contributed by atoms with van der Waals surface area (Å²) in [5, 5.41) is 2.74. The molecule has 2 atom stereocenters. The van der Waals surface area contributed by atoms with E-state index in [4.69, 9.17) is 14.2 Å². The molecule has 0 bridgehead atoms. The predicted octanol–water partition coefficient (Wildman–Crippen LogP) is 2.77. The van der Waals surface area contributed by atoms with Gasteiger partial charge >= 0.3 is 5.97 Å². The van der Waals surface area contributed by atoms with Gasteiger partial charge in [0.25, 0.3) is 0 Å². The lowest BCUT2D eigenvalue weighted by Gasteiger charge is -2.33. The number of nitrogens with one attached hydrogen (secondary N) is 1. The van der Waals surface area contributed by atoms with Crippen LogP contribution in [0.1, 0.15) is 18.5 Å². The first-order chi connectivity index (χ1) is 14.1. The van der Waals surface area contributed by atoms with Crippen molar-refractivity contribution in [2.45, 2.75) is 13.0 Å². The van der Waals surface area contributed by atoms with E-state index in [0.717, 1.165) is 5.52 Å². The maximum Gasteiger partial charge on any atom is 0.321 e. The fourth-order valence-electron chi connectivity index (χ4n) is 3.75. The van der Waals surface area contributed by atoms with Gasteiger partial charge in [0.2, 0.25) is 11.9 Å². The minimum atomic E-state index is -1.11. The van der Waals surface area contributed by atoms with Crippen LogP contribution in [-0.4, -0.2) is 42.3 Å². The number of nitrogens with zero attached hydrogens (tertiary/aromatic N) is 2. The monoisotopic (exact) mass is 395 g/mol. The Balaban J connectivity index is 2.01. The van der Waals surface area contributed by atoms with Gasteiger partial charge in [-0.25, -0.2) is 4.98 Å². The van der Waals surface area contributed by atoms with Crippen molar-refractivity contribution in [1.29, 1.82) is 0 Å². The SMILES string of the molecule is CCOC(=O)[C@@H]1C(=O)Nc2nc3ccccc3n2[C@H]1c1cc(OC)ccc1OC. The largest absolute Gasteiger partial charge is 0.497 e. The van der Waals surface area contributed by atoms with Gasteiger partial charge in [0, 0.05) is 5.56 Å². The molecule has 4 rings (SSSR count). The summed E-state index contributed by atoms with van der Waals surface area (Å²) in [6.07, 6.45) is 0. The van der Waals surface area contributed by atoms with Gasteiger partial charge in [-0.05, 0) is 37.3 Å². The number of benzene rings is 2. The number of carbonyl (C=O) groups is 2. The number of esters is 1. The number of hydrogen-bond acceptors (Lipinski definition) is 6. The summed E-state index contributed by atoms with van der Waals surface area (Å²) in [7, 11) is 3.10. The van der Waals surface area contributed by atoms with E-state index >= 15 is 0 Å². The quantitative estimate of drug-likeness (QED) is 0.528. The lowest BCUT2D eigenvalue weighted by Crippen LogP contribution is -2.43. The fraction of sp³-hybridized carbons (Fsp3) is 0.286. The predicted molar refractivity (Wildman–Crippen MR) is 106 cm³/mol. The van der Waals surface area contributed by atoms with Crippen LogP contribution in [0.2, 0.25) is 0 Å². The molecule has 1 aliphatic rings. The molecule has 1 N–H and O–H groups in total. The Bertz CT molecular complexity index is 1090. The van der Waals surface area contributed by atoms with Crippen LogP contribution in [0.25, 0.3) is 11.0 Å². The van der Waals surface area contributed by atoms with Crippen LogP contribution in [0.4, 0.5) is 5.95 Å².